The summed E-state index contributed by atoms with van der Waals surface area (Å²) in [5, 5.41) is 9.47. The number of benzene rings is 2. The average molecular weight is 538 g/mol. The van der Waals surface area contributed by atoms with Crippen LogP contribution in [-0.2, 0) is 11.3 Å². The predicted molar refractivity (Wildman–Crippen MR) is 153 cm³/mol. The van der Waals surface area contributed by atoms with Gasteiger partial charge < -0.3 is 19.9 Å². The topological polar surface area (TPSA) is 114 Å². The molecule has 0 aliphatic carbocycles. The summed E-state index contributed by atoms with van der Waals surface area (Å²) >= 11 is 0. The molecule has 3 heterocycles. The highest BCUT2D eigenvalue weighted by Gasteiger charge is 2.36. The van der Waals surface area contributed by atoms with Gasteiger partial charge in [0.1, 0.15) is 40.4 Å². The lowest BCUT2D eigenvalue weighted by Crippen LogP contribution is -2.41. The summed E-state index contributed by atoms with van der Waals surface area (Å²) < 4.78 is 7.94. The number of hydrogen-bond donors (Lipinski definition) is 1. The molecule has 1 aromatic heterocycles. The van der Waals surface area contributed by atoms with Crippen LogP contribution in [0.15, 0.2) is 66.2 Å². The summed E-state index contributed by atoms with van der Waals surface area (Å²) in [7, 11) is 0. The molecule has 206 valence electrons. The van der Waals surface area contributed by atoms with Crippen molar-refractivity contribution in [2.75, 3.05) is 13.1 Å². The van der Waals surface area contributed by atoms with Crippen LogP contribution in [0.2, 0.25) is 0 Å². The van der Waals surface area contributed by atoms with E-state index in [1.165, 1.54) is 0 Å². The number of nitrogens with zero attached hydrogens (tertiary/aromatic N) is 4. The molecule has 5 rings (SSSR count). The number of ether oxygens (including phenoxy) is 1. The number of piperidine rings is 1. The Morgan fingerprint density at radius 2 is 1.70 bits per heavy atom. The molecular formula is C32H35N5O3. The van der Waals surface area contributed by atoms with Gasteiger partial charge in [0.25, 0.3) is 11.8 Å². The molecule has 0 bridgehead atoms. The first kappa shape index (κ1) is 27.2. The molecule has 8 nitrogen and oxygen atoms in total. The third-order valence-electron chi connectivity index (χ3n) is 7.81. The van der Waals surface area contributed by atoms with Gasteiger partial charge in [0.2, 0.25) is 0 Å². The van der Waals surface area contributed by atoms with Crippen molar-refractivity contribution in [3.8, 4) is 28.8 Å². The number of amides is 2. The van der Waals surface area contributed by atoms with Gasteiger partial charge in [0, 0.05) is 31.1 Å². The van der Waals surface area contributed by atoms with Gasteiger partial charge in [0.15, 0.2) is 0 Å². The smallest absolute Gasteiger partial charge is 0.267 e. The number of allylic oxidation sites excluding steroid dienone is 1. The number of carbonyl (C=O) groups excluding carboxylic acids is 2. The molecule has 0 radical (unpaired) electrons. The number of rotatable bonds is 7. The zero-order valence-electron chi connectivity index (χ0n) is 23.0. The van der Waals surface area contributed by atoms with Crippen LogP contribution in [0, 0.1) is 23.2 Å². The Morgan fingerprint density at radius 1 is 1.02 bits per heavy atom. The van der Waals surface area contributed by atoms with Gasteiger partial charge in [-0.3, -0.25) is 9.59 Å². The number of nitrogens with two attached hydrogens (primary N) is 1. The summed E-state index contributed by atoms with van der Waals surface area (Å²) in [4.78, 5) is 32.4. The van der Waals surface area contributed by atoms with Crippen LogP contribution in [0.3, 0.4) is 0 Å². The number of likely N-dealkylation sites (tertiary alicyclic amines) is 1. The maximum absolute atomic E-state index is 12.9. The van der Waals surface area contributed by atoms with Crippen LogP contribution in [0.1, 0.15) is 61.8 Å². The summed E-state index contributed by atoms with van der Waals surface area (Å²) in [6.45, 7) is 5.84. The molecule has 1 atom stereocenters. The first-order valence-electron chi connectivity index (χ1n) is 14.0. The summed E-state index contributed by atoms with van der Waals surface area (Å²) in [6, 6.07) is 19.2. The highest BCUT2D eigenvalue weighted by atomic mass is 16.5. The molecule has 40 heavy (non-hydrogen) atoms. The molecule has 0 saturated carbocycles. The van der Waals surface area contributed by atoms with Gasteiger partial charge in [-0.2, -0.15) is 5.26 Å². The van der Waals surface area contributed by atoms with Crippen molar-refractivity contribution < 1.29 is 14.3 Å². The molecule has 2 N–H and O–H groups in total. The zero-order valence-corrected chi connectivity index (χ0v) is 23.0. The normalized spacial score (nSPS) is 17.8. The number of imidazole rings is 1. The van der Waals surface area contributed by atoms with Crippen molar-refractivity contribution >= 4 is 11.8 Å². The number of aromatic nitrogens is 2. The molecule has 2 amide bonds. The van der Waals surface area contributed by atoms with Crippen LogP contribution < -0.4 is 10.5 Å². The van der Waals surface area contributed by atoms with E-state index in [-0.39, 0.29) is 23.3 Å². The Kier molecular flexibility index (Phi) is 8.01. The lowest BCUT2D eigenvalue weighted by atomic mass is 9.79. The predicted octanol–water partition coefficient (Wildman–Crippen LogP) is 5.66. The number of para-hydroxylation sites is 1. The van der Waals surface area contributed by atoms with E-state index < -0.39 is 5.91 Å². The van der Waals surface area contributed by atoms with Crippen LogP contribution in [0.25, 0.3) is 11.3 Å². The number of hydrogen-bond acceptors (Lipinski definition) is 5. The second kappa shape index (κ2) is 11.8. The van der Waals surface area contributed by atoms with Gasteiger partial charge in [-0.1, -0.05) is 38.1 Å². The van der Waals surface area contributed by atoms with E-state index in [0.717, 1.165) is 42.8 Å². The minimum atomic E-state index is -0.486. The SMILES string of the molecule is CC(C)/C=C(\C#N)C(=O)N1CCC(C2CCCn3c2nc(-c2ccc(Oc4ccccc4)cc2)c3C(N)=O)CC1. The fraction of sp³-hybridized carbons (Fsp3) is 0.375. The van der Waals surface area contributed by atoms with E-state index in [1.807, 2.05) is 73.0 Å². The Hall–Kier alpha value is -4.38. The molecule has 2 aliphatic heterocycles. The highest BCUT2D eigenvalue weighted by Crippen LogP contribution is 2.41. The van der Waals surface area contributed by atoms with Crippen LogP contribution in [0.5, 0.6) is 11.5 Å². The standard InChI is InChI=1S/C32H35N5O3/c1-21(2)19-24(20-33)32(39)36-17-14-22(15-18-36)27-9-6-16-37-29(30(34)38)28(35-31(27)37)23-10-12-26(13-11-23)40-25-7-4-3-5-8-25/h3-5,7-8,10-13,19,21-22,27H,6,9,14-18H2,1-2H3,(H2,34,38)/b24-19+. The summed E-state index contributed by atoms with van der Waals surface area (Å²) in [5.74, 6) is 2.33. The molecule has 2 aromatic carbocycles. The quantitative estimate of drug-likeness (QED) is 0.308. The minimum absolute atomic E-state index is 0.137. The maximum Gasteiger partial charge on any atom is 0.267 e. The molecule has 2 aliphatic rings. The van der Waals surface area contributed by atoms with Crippen molar-refractivity contribution in [3.63, 3.8) is 0 Å². The van der Waals surface area contributed by atoms with Gasteiger partial charge in [0.05, 0.1) is 0 Å². The van der Waals surface area contributed by atoms with Crippen molar-refractivity contribution in [1.29, 1.82) is 5.26 Å². The van der Waals surface area contributed by atoms with Crippen LogP contribution >= 0.6 is 0 Å². The van der Waals surface area contributed by atoms with E-state index >= 15 is 0 Å². The molecule has 0 spiro atoms. The van der Waals surface area contributed by atoms with Gasteiger partial charge in [-0.25, -0.2) is 4.98 Å². The van der Waals surface area contributed by atoms with E-state index in [4.69, 9.17) is 15.5 Å². The molecule has 1 unspecified atom stereocenters. The average Bonchev–Trinajstić information content (AvgIpc) is 3.37. The Morgan fingerprint density at radius 3 is 2.33 bits per heavy atom. The fourth-order valence-electron chi connectivity index (χ4n) is 5.95. The maximum atomic E-state index is 12.9. The van der Waals surface area contributed by atoms with E-state index in [9.17, 15) is 14.9 Å². The first-order valence-corrected chi connectivity index (χ1v) is 14.0. The Labute approximate surface area is 235 Å². The van der Waals surface area contributed by atoms with Gasteiger partial charge in [-0.05, 0) is 73.9 Å². The second-order valence-electron chi connectivity index (χ2n) is 10.9. The monoisotopic (exact) mass is 537 g/mol. The molecule has 3 aromatic rings. The van der Waals surface area contributed by atoms with E-state index in [2.05, 4.69) is 6.07 Å². The minimum Gasteiger partial charge on any atom is -0.457 e. The molecular weight excluding hydrogens is 502 g/mol. The third-order valence-corrected chi connectivity index (χ3v) is 7.81. The van der Waals surface area contributed by atoms with E-state index in [1.54, 1.807) is 11.0 Å². The summed E-state index contributed by atoms with van der Waals surface area (Å²) in [5.41, 5.74) is 7.99. The van der Waals surface area contributed by atoms with Crippen LogP contribution in [0.4, 0.5) is 0 Å². The third kappa shape index (κ3) is 5.64. The Balaban J connectivity index is 1.36. The Bertz CT molecular complexity index is 1440. The number of nitriles is 1. The largest absolute Gasteiger partial charge is 0.457 e. The lowest BCUT2D eigenvalue weighted by molar-refractivity contribution is -0.128. The second-order valence-corrected chi connectivity index (χ2v) is 10.9. The van der Waals surface area contributed by atoms with Crippen molar-refractivity contribution in [3.05, 3.63) is 77.8 Å². The van der Waals surface area contributed by atoms with Crippen molar-refractivity contribution in [1.82, 2.24) is 14.5 Å². The van der Waals surface area contributed by atoms with Crippen molar-refractivity contribution in [2.45, 2.75) is 52.0 Å². The number of carbonyl (C=O) groups is 2. The summed E-state index contributed by atoms with van der Waals surface area (Å²) in [6.07, 6.45) is 5.31. The van der Waals surface area contributed by atoms with E-state index in [0.29, 0.717) is 42.7 Å². The number of primary amides is 1. The van der Waals surface area contributed by atoms with Gasteiger partial charge >= 0.3 is 0 Å². The molecule has 1 saturated heterocycles. The first-order chi connectivity index (χ1) is 19.4. The zero-order chi connectivity index (χ0) is 28.2. The molecule has 1 fully saturated rings. The van der Waals surface area contributed by atoms with Crippen molar-refractivity contribution in [2.24, 2.45) is 17.6 Å². The lowest BCUT2D eigenvalue weighted by Gasteiger charge is -2.37. The van der Waals surface area contributed by atoms with Gasteiger partial charge in [-0.15, -0.1) is 0 Å². The number of fused-ring (bicyclic) bond motifs is 1. The fourth-order valence-corrected chi connectivity index (χ4v) is 5.95. The molecule has 8 heteroatoms. The highest BCUT2D eigenvalue weighted by molar-refractivity contribution is 5.98. The van der Waals surface area contributed by atoms with Crippen LogP contribution in [-0.4, -0.2) is 39.4 Å².